The van der Waals surface area contributed by atoms with Gasteiger partial charge in [-0.15, -0.1) is 0 Å². The molecule has 1 heterocycles. The molecule has 2 unspecified atom stereocenters. The Morgan fingerprint density at radius 2 is 2.21 bits per heavy atom. The molecule has 1 aromatic carbocycles. The first kappa shape index (κ1) is 14.3. The Balaban J connectivity index is 1.78. The van der Waals surface area contributed by atoms with Crippen molar-refractivity contribution in [3.63, 3.8) is 0 Å². The first-order chi connectivity index (χ1) is 9.17. The Morgan fingerprint density at radius 3 is 2.79 bits per heavy atom. The number of rotatable bonds is 5. The third-order valence-electron chi connectivity index (χ3n) is 2.55. The highest BCUT2D eigenvalue weighted by molar-refractivity contribution is 9.09. The van der Waals surface area contributed by atoms with Gasteiger partial charge in [-0.25, -0.2) is 0 Å². The topological polar surface area (TPSA) is 56.8 Å². The molecular weight excluding hydrogens is 314 g/mol. The Kier molecular flexibility index (Phi) is 5.18. The van der Waals surface area contributed by atoms with Crippen molar-refractivity contribution in [2.45, 2.75) is 19.3 Å². The van der Waals surface area contributed by atoms with E-state index in [1.807, 2.05) is 12.1 Å². The van der Waals surface area contributed by atoms with Gasteiger partial charge in [0.05, 0.1) is 11.9 Å². The number of alkyl halides is 1. The van der Waals surface area contributed by atoms with E-state index in [9.17, 15) is 4.79 Å². The molecule has 1 N–H and O–H groups in total. The van der Waals surface area contributed by atoms with Crippen molar-refractivity contribution in [2.75, 3.05) is 23.9 Å². The molecule has 0 bridgehead atoms. The SMILES string of the molecule is CC(=O)Nc1ccc(OCC2COC(CBr)O2)cc1. The molecule has 1 fully saturated rings. The van der Waals surface area contributed by atoms with Crippen molar-refractivity contribution in [1.82, 2.24) is 0 Å². The van der Waals surface area contributed by atoms with Crippen LogP contribution in [-0.4, -0.2) is 36.8 Å². The Bertz CT molecular complexity index is 423. The van der Waals surface area contributed by atoms with E-state index in [0.717, 1.165) is 11.4 Å². The van der Waals surface area contributed by atoms with E-state index >= 15 is 0 Å². The summed E-state index contributed by atoms with van der Waals surface area (Å²) in [6, 6.07) is 7.21. The van der Waals surface area contributed by atoms with E-state index in [2.05, 4.69) is 21.2 Å². The standard InChI is InChI=1S/C13H16BrNO4/c1-9(16)15-10-2-4-11(5-3-10)17-7-12-8-18-13(6-14)19-12/h2-5,12-13H,6-8H2,1H3,(H,15,16). The molecule has 0 saturated carbocycles. The maximum absolute atomic E-state index is 10.9. The lowest BCUT2D eigenvalue weighted by molar-refractivity contribution is -0.114. The number of nitrogens with one attached hydrogen (secondary N) is 1. The maximum atomic E-state index is 10.9. The van der Waals surface area contributed by atoms with Crippen LogP contribution in [-0.2, 0) is 14.3 Å². The van der Waals surface area contributed by atoms with E-state index in [4.69, 9.17) is 14.2 Å². The Labute approximate surface area is 120 Å². The number of hydrogen-bond acceptors (Lipinski definition) is 4. The molecule has 0 aromatic heterocycles. The zero-order chi connectivity index (χ0) is 13.7. The number of carbonyl (C=O) groups excluding carboxylic acids is 1. The molecule has 0 aliphatic carbocycles. The van der Waals surface area contributed by atoms with Crippen LogP contribution in [0.2, 0.25) is 0 Å². The fourth-order valence-corrected chi connectivity index (χ4v) is 2.04. The number of halogens is 1. The predicted octanol–water partition coefficient (Wildman–Crippen LogP) is 2.16. The van der Waals surface area contributed by atoms with Gasteiger partial charge in [-0.3, -0.25) is 4.79 Å². The lowest BCUT2D eigenvalue weighted by Gasteiger charge is -2.11. The van der Waals surface area contributed by atoms with Gasteiger partial charge in [0.15, 0.2) is 6.29 Å². The molecule has 2 rings (SSSR count). The van der Waals surface area contributed by atoms with E-state index in [0.29, 0.717) is 18.5 Å². The molecule has 2 atom stereocenters. The fraction of sp³-hybridized carbons (Fsp3) is 0.462. The van der Waals surface area contributed by atoms with Crippen LogP contribution in [0.1, 0.15) is 6.92 Å². The summed E-state index contributed by atoms with van der Waals surface area (Å²) in [5, 5.41) is 3.36. The van der Waals surface area contributed by atoms with Crippen LogP contribution >= 0.6 is 15.9 Å². The Hall–Kier alpha value is -1.11. The molecule has 0 spiro atoms. The molecule has 5 nitrogen and oxygen atoms in total. The summed E-state index contributed by atoms with van der Waals surface area (Å²) >= 11 is 3.30. The normalized spacial score (nSPS) is 22.2. The summed E-state index contributed by atoms with van der Waals surface area (Å²) in [5.74, 6) is 0.644. The third-order valence-corrected chi connectivity index (χ3v) is 3.08. The highest BCUT2D eigenvalue weighted by Crippen LogP contribution is 2.18. The van der Waals surface area contributed by atoms with Crippen molar-refractivity contribution in [2.24, 2.45) is 0 Å². The van der Waals surface area contributed by atoms with Crippen molar-refractivity contribution >= 4 is 27.5 Å². The molecule has 1 saturated heterocycles. The summed E-state index contributed by atoms with van der Waals surface area (Å²) in [4.78, 5) is 10.9. The second kappa shape index (κ2) is 6.88. The molecule has 1 amide bonds. The second-order valence-electron chi connectivity index (χ2n) is 4.19. The van der Waals surface area contributed by atoms with Gasteiger partial charge in [0, 0.05) is 12.6 Å². The van der Waals surface area contributed by atoms with Gasteiger partial charge < -0.3 is 19.5 Å². The van der Waals surface area contributed by atoms with Crippen molar-refractivity contribution in [3.05, 3.63) is 24.3 Å². The minimum Gasteiger partial charge on any atom is -0.491 e. The van der Waals surface area contributed by atoms with Crippen molar-refractivity contribution in [3.8, 4) is 5.75 Å². The van der Waals surface area contributed by atoms with Crippen LogP contribution in [0.4, 0.5) is 5.69 Å². The van der Waals surface area contributed by atoms with E-state index in [1.165, 1.54) is 6.92 Å². The number of hydrogen-bond donors (Lipinski definition) is 1. The summed E-state index contributed by atoms with van der Waals surface area (Å²) in [6.45, 7) is 2.46. The van der Waals surface area contributed by atoms with E-state index < -0.39 is 0 Å². The molecule has 19 heavy (non-hydrogen) atoms. The van der Waals surface area contributed by atoms with Gasteiger partial charge >= 0.3 is 0 Å². The fourth-order valence-electron chi connectivity index (χ4n) is 1.70. The summed E-state index contributed by atoms with van der Waals surface area (Å²) in [5.41, 5.74) is 0.750. The van der Waals surface area contributed by atoms with Crippen molar-refractivity contribution in [1.29, 1.82) is 0 Å². The average Bonchev–Trinajstić information content (AvgIpc) is 2.85. The first-order valence-corrected chi connectivity index (χ1v) is 7.13. The van der Waals surface area contributed by atoms with Gasteiger partial charge in [0.1, 0.15) is 18.5 Å². The average molecular weight is 330 g/mol. The van der Waals surface area contributed by atoms with Crippen LogP contribution in [0.25, 0.3) is 0 Å². The van der Waals surface area contributed by atoms with E-state index in [-0.39, 0.29) is 18.3 Å². The lowest BCUT2D eigenvalue weighted by Crippen LogP contribution is -2.21. The van der Waals surface area contributed by atoms with Crippen LogP contribution in [0.3, 0.4) is 0 Å². The molecule has 104 valence electrons. The minimum absolute atomic E-state index is 0.0439. The summed E-state index contributed by atoms with van der Waals surface area (Å²) in [6.07, 6.45) is -0.228. The summed E-state index contributed by atoms with van der Waals surface area (Å²) < 4.78 is 16.5. The van der Waals surface area contributed by atoms with Crippen molar-refractivity contribution < 1.29 is 19.0 Å². The highest BCUT2D eigenvalue weighted by Gasteiger charge is 2.25. The molecule has 1 aliphatic rings. The first-order valence-electron chi connectivity index (χ1n) is 6.01. The van der Waals surface area contributed by atoms with Crippen LogP contribution in [0.5, 0.6) is 5.75 Å². The summed E-state index contributed by atoms with van der Waals surface area (Å²) in [7, 11) is 0. The largest absolute Gasteiger partial charge is 0.491 e. The zero-order valence-electron chi connectivity index (χ0n) is 10.6. The molecule has 0 radical (unpaired) electrons. The highest BCUT2D eigenvalue weighted by atomic mass is 79.9. The number of benzene rings is 1. The molecule has 6 heteroatoms. The Morgan fingerprint density at radius 1 is 1.47 bits per heavy atom. The molecular formula is C13H16BrNO4. The predicted molar refractivity (Wildman–Crippen MR) is 74.6 cm³/mol. The quantitative estimate of drug-likeness (QED) is 0.841. The van der Waals surface area contributed by atoms with E-state index in [1.54, 1.807) is 12.1 Å². The number of amides is 1. The molecule has 1 aromatic rings. The van der Waals surface area contributed by atoms with Gasteiger partial charge in [0.25, 0.3) is 0 Å². The monoisotopic (exact) mass is 329 g/mol. The smallest absolute Gasteiger partial charge is 0.221 e. The molecule has 1 aliphatic heterocycles. The minimum atomic E-state index is -0.184. The number of anilines is 1. The zero-order valence-corrected chi connectivity index (χ0v) is 12.2. The van der Waals surface area contributed by atoms with Gasteiger partial charge in [0.2, 0.25) is 5.91 Å². The lowest BCUT2D eigenvalue weighted by atomic mass is 10.3. The van der Waals surface area contributed by atoms with Gasteiger partial charge in [-0.05, 0) is 24.3 Å². The van der Waals surface area contributed by atoms with Crippen LogP contribution in [0.15, 0.2) is 24.3 Å². The van der Waals surface area contributed by atoms with Crippen LogP contribution < -0.4 is 10.1 Å². The number of ether oxygens (including phenoxy) is 3. The second-order valence-corrected chi connectivity index (χ2v) is 4.84. The maximum Gasteiger partial charge on any atom is 0.221 e. The number of carbonyl (C=O) groups is 1. The van der Waals surface area contributed by atoms with Gasteiger partial charge in [-0.1, -0.05) is 15.9 Å². The van der Waals surface area contributed by atoms with Gasteiger partial charge in [-0.2, -0.15) is 0 Å². The third kappa shape index (κ3) is 4.49. The van der Waals surface area contributed by atoms with Crippen LogP contribution in [0, 0.1) is 0 Å².